The van der Waals surface area contributed by atoms with Crippen molar-refractivity contribution in [1.29, 1.82) is 0 Å². The van der Waals surface area contributed by atoms with Crippen LogP contribution in [0.5, 0.6) is 0 Å². The van der Waals surface area contributed by atoms with Crippen LogP contribution in [0.25, 0.3) is 0 Å². The topological polar surface area (TPSA) is 38.3 Å². The summed E-state index contributed by atoms with van der Waals surface area (Å²) in [6, 6.07) is 0. The second-order valence-corrected chi connectivity index (χ2v) is 4.71. The Morgan fingerprint density at radius 3 is 2.92 bits per heavy atom. The van der Waals surface area contributed by atoms with E-state index in [0.717, 1.165) is 18.4 Å². The van der Waals surface area contributed by atoms with Gasteiger partial charge in [0.1, 0.15) is 6.61 Å². The third kappa shape index (κ3) is 1.03. The van der Waals surface area contributed by atoms with Gasteiger partial charge in [-0.1, -0.05) is 0 Å². The monoisotopic (exact) mass is 181 g/mol. The van der Waals surface area contributed by atoms with Gasteiger partial charge in [0.25, 0.3) is 0 Å². The Balaban J connectivity index is 1.79. The Bertz CT molecular complexity index is 241. The van der Waals surface area contributed by atoms with Gasteiger partial charge in [-0.05, 0) is 37.5 Å². The first kappa shape index (κ1) is 7.80. The fourth-order valence-electron chi connectivity index (χ4n) is 3.35. The number of amides is 1. The highest BCUT2D eigenvalue weighted by atomic mass is 16.5. The first-order chi connectivity index (χ1) is 6.28. The molecule has 1 spiro atoms. The van der Waals surface area contributed by atoms with Gasteiger partial charge in [-0.2, -0.15) is 0 Å². The van der Waals surface area contributed by atoms with Crippen molar-refractivity contribution in [3.8, 4) is 0 Å². The highest BCUT2D eigenvalue weighted by molar-refractivity contribution is 5.78. The van der Waals surface area contributed by atoms with Crippen LogP contribution < -0.4 is 5.32 Å². The molecule has 3 fully saturated rings. The predicted molar refractivity (Wildman–Crippen MR) is 47.1 cm³/mol. The minimum absolute atomic E-state index is 0.0385. The fourth-order valence-corrected chi connectivity index (χ4v) is 3.35. The summed E-state index contributed by atoms with van der Waals surface area (Å²) < 4.78 is 5.76. The molecule has 0 aromatic rings. The highest BCUT2D eigenvalue weighted by Gasteiger charge is 2.53. The van der Waals surface area contributed by atoms with Crippen LogP contribution in [0.4, 0.5) is 0 Å². The van der Waals surface area contributed by atoms with Gasteiger partial charge in [0.2, 0.25) is 5.91 Å². The van der Waals surface area contributed by atoms with E-state index in [0.29, 0.717) is 0 Å². The van der Waals surface area contributed by atoms with Crippen LogP contribution in [-0.2, 0) is 9.53 Å². The van der Waals surface area contributed by atoms with Crippen LogP contribution in [0.1, 0.15) is 25.7 Å². The second-order valence-electron chi connectivity index (χ2n) is 4.71. The van der Waals surface area contributed by atoms with Crippen molar-refractivity contribution in [2.75, 3.05) is 13.2 Å². The fraction of sp³-hybridized carbons (Fsp3) is 0.900. The average Bonchev–Trinajstić information content (AvgIpc) is 2.70. The van der Waals surface area contributed by atoms with Gasteiger partial charge in [0.05, 0.1) is 5.60 Å². The van der Waals surface area contributed by atoms with Gasteiger partial charge < -0.3 is 10.1 Å². The van der Waals surface area contributed by atoms with Gasteiger partial charge in [0, 0.05) is 6.54 Å². The number of rotatable bonds is 0. The Kier molecular flexibility index (Phi) is 1.48. The smallest absolute Gasteiger partial charge is 0.246 e. The molecule has 0 aromatic carbocycles. The van der Waals surface area contributed by atoms with Crippen molar-refractivity contribution in [2.45, 2.75) is 31.3 Å². The molecule has 3 atom stereocenters. The van der Waals surface area contributed by atoms with E-state index in [1.807, 2.05) is 0 Å². The summed E-state index contributed by atoms with van der Waals surface area (Å²) >= 11 is 0. The summed E-state index contributed by atoms with van der Waals surface area (Å²) in [5.41, 5.74) is 0.0385. The van der Waals surface area contributed by atoms with Crippen LogP contribution >= 0.6 is 0 Å². The van der Waals surface area contributed by atoms with E-state index in [-0.39, 0.29) is 18.1 Å². The van der Waals surface area contributed by atoms with Gasteiger partial charge >= 0.3 is 0 Å². The first-order valence-corrected chi connectivity index (χ1v) is 5.19. The van der Waals surface area contributed by atoms with Gasteiger partial charge in [-0.3, -0.25) is 4.79 Å². The average molecular weight is 181 g/mol. The Morgan fingerprint density at radius 2 is 2.38 bits per heavy atom. The zero-order valence-electron chi connectivity index (χ0n) is 7.71. The lowest BCUT2D eigenvalue weighted by Gasteiger charge is -2.40. The largest absolute Gasteiger partial charge is 0.363 e. The van der Waals surface area contributed by atoms with Gasteiger partial charge in [-0.15, -0.1) is 0 Å². The number of carbonyl (C=O) groups is 1. The Labute approximate surface area is 77.8 Å². The number of fused-ring (bicyclic) bond motifs is 3. The van der Waals surface area contributed by atoms with Crippen LogP contribution in [0, 0.1) is 11.8 Å². The van der Waals surface area contributed by atoms with Crippen molar-refractivity contribution >= 4 is 5.91 Å². The van der Waals surface area contributed by atoms with Crippen molar-refractivity contribution in [2.24, 2.45) is 11.8 Å². The molecule has 1 aliphatic heterocycles. The van der Waals surface area contributed by atoms with Crippen LogP contribution in [-0.4, -0.2) is 24.7 Å². The molecule has 2 bridgehead atoms. The van der Waals surface area contributed by atoms with E-state index >= 15 is 0 Å². The molecule has 0 aromatic heterocycles. The minimum atomic E-state index is 0.0385. The lowest BCUT2D eigenvalue weighted by molar-refractivity contribution is -0.151. The van der Waals surface area contributed by atoms with E-state index in [4.69, 9.17) is 4.74 Å². The van der Waals surface area contributed by atoms with E-state index < -0.39 is 0 Å². The molecule has 3 heteroatoms. The SMILES string of the molecule is O=C1COC2(CN1)CC1CCC2C1. The standard InChI is InChI=1S/C10H15NO2/c12-9-5-13-10(6-11-9)4-7-1-2-8(10)3-7/h7-8H,1-6H2,(H,11,12). The third-order valence-electron chi connectivity index (χ3n) is 3.99. The molecule has 1 amide bonds. The second kappa shape index (κ2) is 2.47. The van der Waals surface area contributed by atoms with Crippen LogP contribution in [0.15, 0.2) is 0 Å². The van der Waals surface area contributed by atoms with E-state index in [2.05, 4.69) is 5.32 Å². The molecule has 3 unspecified atom stereocenters. The molecule has 3 nitrogen and oxygen atoms in total. The van der Waals surface area contributed by atoms with Gasteiger partial charge in [0.15, 0.2) is 0 Å². The quantitative estimate of drug-likeness (QED) is 0.597. The molecule has 2 aliphatic carbocycles. The summed E-state index contributed by atoms with van der Waals surface area (Å²) in [5.74, 6) is 1.64. The minimum Gasteiger partial charge on any atom is -0.363 e. The molecule has 3 rings (SSSR count). The number of carbonyl (C=O) groups excluding carboxylic acids is 1. The maximum Gasteiger partial charge on any atom is 0.246 e. The number of hydrogen-bond acceptors (Lipinski definition) is 2. The molecular weight excluding hydrogens is 166 g/mol. The predicted octanol–water partition coefficient (Wildman–Crippen LogP) is 0.692. The van der Waals surface area contributed by atoms with Crippen LogP contribution in [0.2, 0.25) is 0 Å². The molecule has 2 saturated carbocycles. The first-order valence-electron chi connectivity index (χ1n) is 5.19. The van der Waals surface area contributed by atoms with E-state index in [9.17, 15) is 4.79 Å². The number of morpholine rings is 1. The Hall–Kier alpha value is -0.570. The normalized spacial score (nSPS) is 48.5. The number of ether oxygens (including phenoxy) is 1. The Morgan fingerprint density at radius 1 is 1.46 bits per heavy atom. The summed E-state index contributed by atoms with van der Waals surface area (Å²) in [7, 11) is 0. The van der Waals surface area contributed by atoms with Crippen molar-refractivity contribution in [3.63, 3.8) is 0 Å². The zero-order valence-corrected chi connectivity index (χ0v) is 7.71. The summed E-state index contributed by atoms with van der Waals surface area (Å²) in [5, 5.41) is 2.94. The van der Waals surface area contributed by atoms with Gasteiger partial charge in [-0.25, -0.2) is 0 Å². The van der Waals surface area contributed by atoms with Crippen LogP contribution in [0.3, 0.4) is 0 Å². The van der Waals surface area contributed by atoms with Crippen molar-refractivity contribution in [1.82, 2.24) is 5.32 Å². The maximum absolute atomic E-state index is 11.0. The number of hydrogen-bond donors (Lipinski definition) is 1. The molecular formula is C10H15NO2. The molecule has 1 heterocycles. The lowest BCUT2D eigenvalue weighted by Crippen LogP contribution is -2.55. The number of nitrogens with one attached hydrogen (secondary N) is 1. The van der Waals surface area contributed by atoms with Crippen molar-refractivity contribution < 1.29 is 9.53 Å². The summed E-state index contributed by atoms with van der Waals surface area (Å²) in [4.78, 5) is 11.0. The van der Waals surface area contributed by atoms with E-state index in [1.54, 1.807) is 0 Å². The third-order valence-corrected chi connectivity index (χ3v) is 3.99. The highest BCUT2D eigenvalue weighted by Crippen LogP contribution is 2.52. The maximum atomic E-state index is 11.0. The van der Waals surface area contributed by atoms with E-state index in [1.165, 1.54) is 25.7 Å². The molecule has 1 saturated heterocycles. The molecule has 13 heavy (non-hydrogen) atoms. The molecule has 0 radical (unpaired) electrons. The summed E-state index contributed by atoms with van der Waals surface area (Å²) in [6.07, 6.45) is 5.19. The lowest BCUT2D eigenvalue weighted by atomic mass is 9.83. The van der Waals surface area contributed by atoms with Crippen molar-refractivity contribution in [3.05, 3.63) is 0 Å². The zero-order chi connectivity index (χ0) is 8.89. The molecule has 72 valence electrons. The molecule has 1 N–H and O–H groups in total. The summed E-state index contributed by atoms with van der Waals surface area (Å²) in [6.45, 7) is 1.04. The molecule has 3 aliphatic rings.